The van der Waals surface area contributed by atoms with Gasteiger partial charge in [0.25, 0.3) is 0 Å². The Morgan fingerprint density at radius 1 is 1.77 bits per heavy atom. The van der Waals surface area contributed by atoms with Gasteiger partial charge in [0.15, 0.2) is 0 Å². The molecule has 1 rings (SSSR count). The highest BCUT2D eigenvalue weighted by Crippen LogP contribution is 2.07. The predicted octanol–water partition coefficient (Wildman–Crippen LogP) is 0.581. The number of rotatable bonds is 5. The van der Waals surface area contributed by atoms with Crippen molar-refractivity contribution in [2.75, 3.05) is 6.61 Å². The summed E-state index contributed by atoms with van der Waals surface area (Å²) in [5.74, 6) is 0. The topological polar surface area (TPSA) is 53.1 Å². The van der Waals surface area contributed by atoms with Gasteiger partial charge in [0.1, 0.15) is 0 Å². The van der Waals surface area contributed by atoms with Crippen LogP contribution in [-0.4, -0.2) is 16.4 Å². The number of ether oxygens (including phenoxy) is 1. The molecule has 0 saturated carbocycles. The fraction of sp³-hybridized carbons (Fsp3) is 0.444. The van der Waals surface area contributed by atoms with E-state index in [1.165, 1.54) is 0 Å². The highest BCUT2D eigenvalue weighted by atomic mass is 16.5. The zero-order valence-electron chi connectivity index (χ0n) is 7.86. The largest absolute Gasteiger partial charge is 0.371 e. The molecular formula is C9H15N3O. The van der Waals surface area contributed by atoms with E-state index >= 15 is 0 Å². The zero-order valence-corrected chi connectivity index (χ0v) is 7.86. The summed E-state index contributed by atoms with van der Waals surface area (Å²) in [6.45, 7) is 5.16. The van der Waals surface area contributed by atoms with Crippen molar-refractivity contribution in [1.29, 1.82) is 0 Å². The van der Waals surface area contributed by atoms with E-state index in [0.717, 1.165) is 11.3 Å². The van der Waals surface area contributed by atoms with E-state index in [9.17, 15) is 0 Å². The Morgan fingerprint density at radius 2 is 2.54 bits per heavy atom. The SMILES string of the molecule is C=CCOCc1c(CN)cnn1C. The first-order valence-electron chi connectivity index (χ1n) is 4.18. The molecule has 0 unspecified atom stereocenters. The average molecular weight is 181 g/mol. The van der Waals surface area contributed by atoms with Crippen LogP contribution in [-0.2, 0) is 24.9 Å². The summed E-state index contributed by atoms with van der Waals surface area (Å²) in [5.41, 5.74) is 7.60. The van der Waals surface area contributed by atoms with Crippen LogP contribution in [0.2, 0.25) is 0 Å². The van der Waals surface area contributed by atoms with Crippen molar-refractivity contribution < 1.29 is 4.74 Å². The van der Waals surface area contributed by atoms with Gasteiger partial charge in [0.2, 0.25) is 0 Å². The molecule has 0 aliphatic rings. The molecule has 13 heavy (non-hydrogen) atoms. The Balaban J connectivity index is 2.62. The van der Waals surface area contributed by atoms with Crippen LogP contribution in [0.15, 0.2) is 18.9 Å². The minimum Gasteiger partial charge on any atom is -0.371 e. The fourth-order valence-electron chi connectivity index (χ4n) is 1.10. The third-order valence-corrected chi connectivity index (χ3v) is 1.84. The molecule has 0 saturated heterocycles. The monoisotopic (exact) mass is 181 g/mol. The van der Waals surface area contributed by atoms with Gasteiger partial charge in [-0.05, 0) is 0 Å². The van der Waals surface area contributed by atoms with Gasteiger partial charge >= 0.3 is 0 Å². The smallest absolute Gasteiger partial charge is 0.0892 e. The second-order valence-electron chi connectivity index (χ2n) is 2.75. The van der Waals surface area contributed by atoms with Crippen molar-refractivity contribution in [2.45, 2.75) is 13.2 Å². The van der Waals surface area contributed by atoms with E-state index in [0.29, 0.717) is 19.8 Å². The first kappa shape index (κ1) is 9.95. The molecule has 4 nitrogen and oxygen atoms in total. The van der Waals surface area contributed by atoms with Crippen molar-refractivity contribution in [1.82, 2.24) is 9.78 Å². The zero-order chi connectivity index (χ0) is 9.68. The van der Waals surface area contributed by atoms with Crippen LogP contribution in [0.1, 0.15) is 11.3 Å². The van der Waals surface area contributed by atoms with E-state index in [2.05, 4.69) is 11.7 Å². The van der Waals surface area contributed by atoms with E-state index in [-0.39, 0.29) is 0 Å². The summed E-state index contributed by atoms with van der Waals surface area (Å²) in [5, 5.41) is 4.10. The van der Waals surface area contributed by atoms with Crippen LogP contribution >= 0.6 is 0 Å². The maximum absolute atomic E-state index is 5.54. The maximum Gasteiger partial charge on any atom is 0.0892 e. The Bertz CT molecular complexity index is 280. The van der Waals surface area contributed by atoms with Gasteiger partial charge in [-0.3, -0.25) is 4.68 Å². The molecule has 1 aromatic rings. The van der Waals surface area contributed by atoms with Crippen LogP contribution in [0.3, 0.4) is 0 Å². The second kappa shape index (κ2) is 4.79. The standard InChI is InChI=1S/C9H15N3O/c1-3-4-13-7-9-8(5-10)6-11-12(9)2/h3,6H,1,4-5,7,10H2,2H3. The Morgan fingerprint density at radius 3 is 3.15 bits per heavy atom. The molecule has 4 heteroatoms. The second-order valence-corrected chi connectivity index (χ2v) is 2.75. The number of aromatic nitrogens is 2. The number of nitrogens with zero attached hydrogens (tertiary/aromatic N) is 2. The quantitative estimate of drug-likeness (QED) is 0.534. The van der Waals surface area contributed by atoms with Crippen LogP contribution in [0.5, 0.6) is 0 Å². The molecule has 1 aromatic heterocycles. The van der Waals surface area contributed by atoms with Crippen molar-refractivity contribution in [3.63, 3.8) is 0 Å². The lowest BCUT2D eigenvalue weighted by Crippen LogP contribution is -2.06. The summed E-state index contributed by atoms with van der Waals surface area (Å²) in [7, 11) is 1.88. The van der Waals surface area contributed by atoms with E-state index in [4.69, 9.17) is 10.5 Å². The summed E-state index contributed by atoms with van der Waals surface area (Å²) in [6.07, 6.45) is 3.49. The van der Waals surface area contributed by atoms with E-state index in [1.54, 1.807) is 17.0 Å². The normalized spacial score (nSPS) is 10.3. The molecule has 0 spiro atoms. The van der Waals surface area contributed by atoms with Gasteiger partial charge in [0.05, 0.1) is 25.1 Å². The first-order valence-corrected chi connectivity index (χ1v) is 4.18. The lowest BCUT2D eigenvalue weighted by Gasteiger charge is -2.04. The summed E-state index contributed by atoms with van der Waals surface area (Å²) in [6, 6.07) is 0. The molecule has 0 aliphatic carbocycles. The van der Waals surface area contributed by atoms with Crippen LogP contribution < -0.4 is 5.73 Å². The molecule has 0 bridgehead atoms. The van der Waals surface area contributed by atoms with Gasteiger partial charge in [-0.15, -0.1) is 6.58 Å². The number of hydrogen-bond acceptors (Lipinski definition) is 3. The van der Waals surface area contributed by atoms with Crippen LogP contribution in [0.25, 0.3) is 0 Å². The fourth-order valence-corrected chi connectivity index (χ4v) is 1.10. The molecule has 0 radical (unpaired) electrons. The van der Waals surface area contributed by atoms with Crippen molar-refractivity contribution in [2.24, 2.45) is 12.8 Å². The highest BCUT2D eigenvalue weighted by molar-refractivity contribution is 5.16. The van der Waals surface area contributed by atoms with Crippen molar-refractivity contribution >= 4 is 0 Å². The predicted molar refractivity (Wildman–Crippen MR) is 51.0 cm³/mol. The van der Waals surface area contributed by atoms with Crippen molar-refractivity contribution in [3.05, 3.63) is 30.1 Å². The molecule has 2 N–H and O–H groups in total. The van der Waals surface area contributed by atoms with Gasteiger partial charge in [-0.25, -0.2) is 0 Å². The lowest BCUT2D eigenvalue weighted by molar-refractivity contribution is 0.142. The van der Waals surface area contributed by atoms with Gasteiger partial charge < -0.3 is 10.5 Å². The Kier molecular flexibility index (Phi) is 3.67. The number of hydrogen-bond donors (Lipinski definition) is 1. The van der Waals surface area contributed by atoms with Gasteiger partial charge in [0, 0.05) is 19.2 Å². The first-order chi connectivity index (χ1) is 6.29. The minimum absolute atomic E-state index is 0.501. The number of nitrogens with two attached hydrogens (primary N) is 1. The van der Waals surface area contributed by atoms with Crippen LogP contribution in [0.4, 0.5) is 0 Å². The van der Waals surface area contributed by atoms with E-state index in [1.807, 2.05) is 7.05 Å². The summed E-state index contributed by atoms with van der Waals surface area (Å²) >= 11 is 0. The minimum atomic E-state index is 0.501. The molecule has 0 fully saturated rings. The average Bonchev–Trinajstić information content (AvgIpc) is 2.48. The third kappa shape index (κ3) is 2.40. The lowest BCUT2D eigenvalue weighted by atomic mass is 10.2. The summed E-state index contributed by atoms with van der Waals surface area (Å²) in [4.78, 5) is 0. The highest BCUT2D eigenvalue weighted by Gasteiger charge is 2.05. The summed E-state index contributed by atoms with van der Waals surface area (Å²) < 4.78 is 7.10. The molecule has 0 atom stereocenters. The molecule has 0 aromatic carbocycles. The molecule has 1 heterocycles. The maximum atomic E-state index is 5.54. The van der Waals surface area contributed by atoms with Gasteiger partial charge in [-0.2, -0.15) is 5.10 Å². The number of aryl methyl sites for hydroxylation is 1. The van der Waals surface area contributed by atoms with Gasteiger partial charge in [-0.1, -0.05) is 6.08 Å². The Hall–Kier alpha value is -1.13. The molecule has 0 aliphatic heterocycles. The molecule has 72 valence electrons. The molecular weight excluding hydrogens is 166 g/mol. The van der Waals surface area contributed by atoms with Crippen LogP contribution in [0, 0.1) is 0 Å². The third-order valence-electron chi connectivity index (χ3n) is 1.84. The Labute approximate surface area is 78.0 Å². The van der Waals surface area contributed by atoms with E-state index < -0.39 is 0 Å². The van der Waals surface area contributed by atoms with Crippen molar-refractivity contribution in [3.8, 4) is 0 Å². The molecule has 0 amide bonds.